The summed E-state index contributed by atoms with van der Waals surface area (Å²) in [5.41, 5.74) is 9.06. The number of nitrogens with two attached hydrogens (primary N) is 1. The van der Waals surface area contributed by atoms with Gasteiger partial charge >= 0.3 is 5.97 Å². The van der Waals surface area contributed by atoms with Crippen LogP contribution >= 0.6 is 11.8 Å². The lowest BCUT2D eigenvalue weighted by molar-refractivity contribution is -0.141. The van der Waals surface area contributed by atoms with Crippen LogP contribution in [-0.2, 0) is 19.2 Å². The maximum atomic E-state index is 12.4. The summed E-state index contributed by atoms with van der Waals surface area (Å²) in [5.74, 6) is -2.06. The largest absolute Gasteiger partial charge is 0.480 e. The van der Waals surface area contributed by atoms with Gasteiger partial charge in [-0.2, -0.15) is 11.8 Å². The van der Waals surface area contributed by atoms with E-state index in [1.807, 2.05) is 0 Å². The van der Waals surface area contributed by atoms with E-state index >= 15 is 0 Å². The summed E-state index contributed by atoms with van der Waals surface area (Å²) in [7, 11) is 0. The summed E-state index contributed by atoms with van der Waals surface area (Å²) in [4.78, 5) is 46.4. The average Bonchev–Trinajstić information content (AvgIpc) is 2.72. The molecule has 3 amide bonds. The molecule has 0 spiro atoms. The van der Waals surface area contributed by atoms with Crippen molar-refractivity contribution in [2.75, 3.05) is 11.5 Å². The monoisotopic (exact) mass is 495 g/mol. The van der Waals surface area contributed by atoms with Crippen LogP contribution in [0.4, 0.5) is 0 Å². The van der Waals surface area contributed by atoms with Gasteiger partial charge in [0, 0.05) is 24.9 Å². The van der Waals surface area contributed by atoms with Gasteiger partial charge in [0.05, 0.1) is 0 Å². The minimum atomic E-state index is -1.16. The van der Waals surface area contributed by atoms with Crippen LogP contribution < -0.4 is 16.4 Å². The molecule has 0 fully saturated rings. The molecule has 2 unspecified atom stereocenters. The highest BCUT2D eigenvalue weighted by molar-refractivity contribution is 7.99. The second kappa shape index (κ2) is 17.9. The summed E-state index contributed by atoms with van der Waals surface area (Å²) in [5, 5.41) is 14.3. The Labute approximate surface area is 207 Å². The van der Waals surface area contributed by atoms with Crippen molar-refractivity contribution >= 4 is 35.5 Å². The van der Waals surface area contributed by atoms with Gasteiger partial charge in [0.25, 0.3) is 0 Å². The van der Waals surface area contributed by atoms with E-state index in [1.54, 1.807) is 0 Å². The van der Waals surface area contributed by atoms with Gasteiger partial charge in [-0.3, -0.25) is 14.4 Å². The molecule has 2 atom stereocenters. The van der Waals surface area contributed by atoms with Gasteiger partial charge in [-0.05, 0) is 59.8 Å². The Hall–Kier alpha value is -2.55. The van der Waals surface area contributed by atoms with Gasteiger partial charge in [0.2, 0.25) is 17.7 Å². The standard InChI is InChI=1S/C25H41N3O5S/c1-17(2)8-6-9-18(3)10-7-11-19(4)14-15-34-16-22(25(32)33)28-24(31)21(27-20(5)29)12-13-23(26)30/h8,10,14,21-22H,6-7,9,11-13,15-16H2,1-5H3,(H2,26,30)(H,27,29)(H,28,31)(H,32,33)/b18-10+,19-14+. The number of allylic oxidation sites excluding steroid dienone is 5. The number of carboxylic acids is 1. The lowest BCUT2D eigenvalue weighted by atomic mass is 10.1. The molecule has 0 saturated heterocycles. The van der Waals surface area contributed by atoms with Crippen LogP contribution in [0.15, 0.2) is 34.9 Å². The van der Waals surface area contributed by atoms with E-state index in [9.17, 15) is 24.3 Å². The lowest BCUT2D eigenvalue weighted by Crippen LogP contribution is -2.52. The van der Waals surface area contributed by atoms with Crippen LogP contribution in [-0.4, -0.2) is 52.4 Å². The highest BCUT2D eigenvalue weighted by Crippen LogP contribution is 2.13. The molecule has 5 N–H and O–H groups in total. The van der Waals surface area contributed by atoms with E-state index < -0.39 is 35.8 Å². The minimum Gasteiger partial charge on any atom is -0.480 e. The van der Waals surface area contributed by atoms with Gasteiger partial charge in [-0.25, -0.2) is 4.79 Å². The number of nitrogens with one attached hydrogen (secondary N) is 2. The first-order chi connectivity index (χ1) is 15.9. The number of carbonyl (C=O) groups is 4. The third-order valence-corrected chi connectivity index (χ3v) is 5.92. The number of aliphatic carboxylic acids is 1. The van der Waals surface area contributed by atoms with Gasteiger partial charge in [-0.15, -0.1) is 0 Å². The first-order valence-electron chi connectivity index (χ1n) is 11.5. The Morgan fingerprint density at radius 2 is 1.44 bits per heavy atom. The predicted molar refractivity (Wildman–Crippen MR) is 138 cm³/mol. The molecule has 0 bridgehead atoms. The Balaban J connectivity index is 4.59. The number of rotatable bonds is 17. The lowest BCUT2D eigenvalue weighted by Gasteiger charge is -2.20. The van der Waals surface area contributed by atoms with Crippen molar-refractivity contribution in [2.45, 2.75) is 85.2 Å². The van der Waals surface area contributed by atoms with Crippen molar-refractivity contribution in [3.63, 3.8) is 0 Å². The molecule has 0 aliphatic carbocycles. The predicted octanol–water partition coefficient (Wildman–Crippen LogP) is 3.48. The quantitative estimate of drug-likeness (QED) is 0.180. The molecule has 0 aromatic carbocycles. The minimum absolute atomic E-state index is 0.00499. The van der Waals surface area contributed by atoms with Crippen molar-refractivity contribution in [3.05, 3.63) is 34.9 Å². The van der Waals surface area contributed by atoms with Crippen molar-refractivity contribution < 1.29 is 24.3 Å². The van der Waals surface area contributed by atoms with Crippen molar-refractivity contribution in [3.8, 4) is 0 Å². The van der Waals surface area contributed by atoms with Gasteiger partial charge in [0.1, 0.15) is 12.1 Å². The topological polar surface area (TPSA) is 139 Å². The van der Waals surface area contributed by atoms with E-state index in [0.29, 0.717) is 5.75 Å². The zero-order valence-electron chi connectivity index (χ0n) is 21.1. The number of primary amides is 1. The Morgan fingerprint density at radius 1 is 0.853 bits per heavy atom. The van der Waals surface area contributed by atoms with Crippen LogP contribution in [0.1, 0.15) is 73.1 Å². The number of hydrogen-bond donors (Lipinski definition) is 4. The molecule has 192 valence electrons. The number of carboxylic acid groups (broad SMARTS) is 1. The zero-order valence-corrected chi connectivity index (χ0v) is 21.9. The van der Waals surface area contributed by atoms with Crippen LogP contribution in [0.25, 0.3) is 0 Å². The van der Waals surface area contributed by atoms with Crippen LogP contribution in [0.2, 0.25) is 0 Å². The second-order valence-electron chi connectivity index (χ2n) is 8.65. The normalized spacial score (nSPS) is 13.6. The molecule has 0 aliphatic heterocycles. The van der Waals surface area contributed by atoms with Gasteiger partial charge in [-0.1, -0.05) is 34.9 Å². The molecular formula is C25H41N3O5S. The molecule has 0 rings (SSSR count). The first-order valence-corrected chi connectivity index (χ1v) is 12.7. The number of carbonyl (C=O) groups excluding carboxylic acids is 3. The molecule has 0 aromatic heterocycles. The maximum Gasteiger partial charge on any atom is 0.327 e. The number of hydrogen-bond acceptors (Lipinski definition) is 5. The molecule has 0 aliphatic rings. The van der Waals surface area contributed by atoms with E-state index in [0.717, 1.165) is 25.7 Å². The van der Waals surface area contributed by atoms with Crippen LogP contribution in [0, 0.1) is 0 Å². The van der Waals surface area contributed by atoms with Gasteiger partial charge < -0.3 is 21.5 Å². The summed E-state index contributed by atoms with van der Waals surface area (Å²) >= 11 is 1.40. The first kappa shape index (κ1) is 31.4. The summed E-state index contributed by atoms with van der Waals surface area (Å²) in [6.07, 6.45) is 10.5. The third kappa shape index (κ3) is 17.0. The summed E-state index contributed by atoms with van der Waals surface area (Å²) in [6.45, 7) is 9.66. The number of amides is 3. The van der Waals surface area contributed by atoms with Crippen LogP contribution in [0.5, 0.6) is 0 Å². The van der Waals surface area contributed by atoms with Crippen molar-refractivity contribution in [1.82, 2.24) is 10.6 Å². The molecule has 0 saturated carbocycles. The van der Waals surface area contributed by atoms with Gasteiger partial charge in [0.15, 0.2) is 0 Å². The molecular weight excluding hydrogens is 454 g/mol. The Kier molecular flexibility index (Phi) is 16.5. The molecule has 0 radical (unpaired) electrons. The highest BCUT2D eigenvalue weighted by atomic mass is 32.2. The highest BCUT2D eigenvalue weighted by Gasteiger charge is 2.26. The third-order valence-electron chi connectivity index (χ3n) is 4.94. The van der Waals surface area contributed by atoms with Crippen LogP contribution in [0.3, 0.4) is 0 Å². The molecule has 9 heteroatoms. The average molecular weight is 496 g/mol. The number of thioether (sulfide) groups is 1. The molecule has 0 heterocycles. The van der Waals surface area contributed by atoms with E-state index in [-0.39, 0.29) is 18.6 Å². The smallest absolute Gasteiger partial charge is 0.327 e. The fourth-order valence-corrected chi connectivity index (χ4v) is 3.97. The summed E-state index contributed by atoms with van der Waals surface area (Å²) < 4.78 is 0. The molecule has 34 heavy (non-hydrogen) atoms. The fraction of sp³-hybridized carbons (Fsp3) is 0.600. The van der Waals surface area contributed by atoms with Crippen molar-refractivity contribution in [2.24, 2.45) is 5.73 Å². The second-order valence-corrected chi connectivity index (χ2v) is 9.73. The Bertz CT molecular complexity index is 785. The van der Waals surface area contributed by atoms with E-state index in [1.165, 1.54) is 35.4 Å². The molecule has 8 nitrogen and oxygen atoms in total. The van der Waals surface area contributed by atoms with Crippen molar-refractivity contribution in [1.29, 1.82) is 0 Å². The fourth-order valence-electron chi connectivity index (χ4n) is 2.97. The maximum absolute atomic E-state index is 12.4. The zero-order chi connectivity index (χ0) is 26.1. The molecule has 0 aromatic rings. The summed E-state index contributed by atoms with van der Waals surface area (Å²) in [6, 6.07) is -2.13. The Morgan fingerprint density at radius 3 is 1.97 bits per heavy atom. The van der Waals surface area contributed by atoms with E-state index in [4.69, 9.17) is 5.73 Å². The van der Waals surface area contributed by atoms with E-state index in [2.05, 4.69) is 56.6 Å². The SMILES string of the molecule is CC(=O)NC(CCC(N)=O)C(=O)NC(CSC/C=C(\C)CC/C=C(\C)CCC=C(C)C)C(=O)O.